The van der Waals surface area contributed by atoms with Gasteiger partial charge in [-0.2, -0.15) is 0 Å². The van der Waals surface area contributed by atoms with Gasteiger partial charge in [-0.05, 0) is 62.4 Å². The topological polar surface area (TPSA) is 37.4 Å². The fraction of sp³-hybridized carbons (Fsp3) is 0.667. The zero-order valence-corrected chi connectivity index (χ0v) is 17.0. The van der Waals surface area contributed by atoms with E-state index >= 15 is 0 Å². The minimum Gasteiger partial charge on any atom is -0.367 e. The Morgan fingerprint density at radius 1 is 1.19 bits per heavy atom. The van der Waals surface area contributed by atoms with Crippen LogP contribution in [0.2, 0.25) is 0 Å². The number of piperidine rings is 1. The fourth-order valence-corrected chi connectivity index (χ4v) is 5.67. The smallest absolute Gasteiger partial charge is 0.107 e. The monoisotopic (exact) mass is 373 g/mol. The lowest BCUT2D eigenvalue weighted by Gasteiger charge is -2.41. The van der Waals surface area contributed by atoms with E-state index in [0.717, 1.165) is 32.1 Å². The lowest BCUT2D eigenvalue weighted by Crippen LogP contribution is -2.43. The molecule has 0 bridgehead atoms. The molecule has 2 atom stereocenters. The Morgan fingerprint density at radius 2 is 2.00 bits per heavy atom. The number of nitrogens with zero attached hydrogens (tertiary/aromatic N) is 2. The van der Waals surface area contributed by atoms with Crippen molar-refractivity contribution in [2.45, 2.75) is 63.6 Å². The van der Waals surface area contributed by atoms with E-state index in [9.17, 15) is 0 Å². The van der Waals surface area contributed by atoms with Crippen LogP contribution in [0.4, 0.5) is 0 Å². The molecule has 1 N–H and O–H groups in total. The number of methoxy groups -OCH3 is 1. The Balaban J connectivity index is 1.44. The molecule has 0 amide bonds. The standard InChI is InChI=1S/C21H31N3OS/c1-4-24(5-2)17-10-16(11-17)21-23-18-8-6-14(12-19(18)26-21)15-7-9-20(25-3)22-13-15/h6,8,12,15-17,20,22H,4-5,7,9-11,13H2,1-3H3/t15?,16-,17-,20?. The fourth-order valence-electron chi connectivity index (χ4n) is 4.53. The number of hydrogen-bond donors (Lipinski definition) is 1. The van der Waals surface area contributed by atoms with E-state index in [1.54, 1.807) is 7.11 Å². The van der Waals surface area contributed by atoms with Crippen molar-refractivity contribution in [1.82, 2.24) is 15.2 Å². The van der Waals surface area contributed by atoms with E-state index in [-0.39, 0.29) is 6.23 Å². The highest BCUT2D eigenvalue weighted by Crippen LogP contribution is 2.43. The van der Waals surface area contributed by atoms with E-state index < -0.39 is 0 Å². The Bertz CT molecular complexity index is 728. The molecule has 2 aliphatic rings. The molecule has 1 aliphatic carbocycles. The molecule has 2 heterocycles. The third kappa shape index (κ3) is 3.55. The number of fused-ring (bicyclic) bond motifs is 1. The van der Waals surface area contributed by atoms with Gasteiger partial charge in [-0.1, -0.05) is 19.9 Å². The molecule has 4 nitrogen and oxygen atoms in total. The van der Waals surface area contributed by atoms with Gasteiger partial charge in [0.25, 0.3) is 0 Å². The van der Waals surface area contributed by atoms with Gasteiger partial charge in [-0.25, -0.2) is 4.98 Å². The maximum Gasteiger partial charge on any atom is 0.107 e. The molecule has 5 heteroatoms. The predicted molar refractivity (Wildman–Crippen MR) is 109 cm³/mol. The van der Waals surface area contributed by atoms with Crippen molar-refractivity contribution >= 4 is 21.6 Å². The van der Waals surface area contributed by atoms with Crippen LogP contribution in [0.3, 0.4) is 0 Å². The van der Waals surface area contributed by atoms with Gasteiger partial charge < -0.3 is 9.64 Å². The van der Waals surface area contributed by atoms with Crippen LogP contribution < -0.4 is 5.32 Å². The largest absolute Gasteiger partial charge is 0.367 e. The maximum absolute atomic E-state index is 5.41. The molecule has 1 saturated carbocycles. The predicted octanol–water partition coefficient (Wildman–Crippen LogP) is 4.32. The first-order valence-electron chi connectivity index (χ1n) is 10.1. The van der Waals surface area contributed by atoms with Crippen molar-refractivity contribution in [2.24, 2.45) is 0 Å². The summed E-state index contributed by atoms with van der Waals surface area (Å²) in [5.74, 6) is 1.26. The third-order valence-corrected chi connectivity index (χ3v) is 7.53. The summed E-state index contributed by atoms with van der Waals surface area (Å²) in [4.78, 5) is 7.54. The molecule has 0 spiro atoms. The van der Waals surface area contributed by atoms with Gasteiger partial charge in [0, 0.05) is 25.6 Å². The van der Waals surface area contributed by atoms with Crippen LogP contribution >= 0.6 is 11.3 Å². The maximum atomic E-state index is 5.41. The SMILES string of the molecule is CCN(CC)[C@H]1C[C@H](c2nc3ccc(C4CCC(OC)NC4)cc3s2)C1. The summed E-state index contributed by atoms with van der Waals surface area (Å²) >= 11 is 1.92. The van der Waals surface area contributed by atoms with Gasteiger partial charge in [0.2, 0.25) is 0 Å². The first kappa shape index (κ1) is 18.4. The Kier molecular flexibility index (Phi) is 5.60. The van der Waals surface area contributed by atoms with Crippen LogP contribution in [0.25, 0.3) is 10.2 Å². The molecule has 1 aromatic heterocycles. The van der Waals surface area contributed by atoms with Crippen LogP contribution in [-0.2, 0) is 4.74 Å². The van der Waals surface area contributed by atoms with Gasteiger partial charge in [-0.3, -0.25) is 5.32 Å². The number of ether oxygens (including phenoxy) is 1. The number of thiazole rings is 1. The van der Waals surface area contributed by atoms with Crippen LogP contribution in [0.5, 0.6) is 0 Å². The Labute approximate surface area is 160 Å². The zero-order chi connectivity index (χ0) is 18.1. The number of benzene rings is 1. The summed E-state index contributed by atoms with van der Waals surface area (Å²) in [6.07, 6.45) is 5.06. The van der Waals surface area contributed by atoms with Crippen molar-refractivity contribution in [3.05, 3.63) is 28.8 Å². The van der Waals surface area contributed by atoms with Crippen LogP contribution in [-0.4, -0.2) is 48.9 Å². The molecule has 2 fully saturated rings. The van der Waals surface area contributed by atoms with E-state index in [2.05, 4.69) is 42.3 Å². The minimum absolute atomic E-state index is 0.224. The number of aromatic nitrogens is 1. The van der Waals surface area contributed by atoms with Gasteiger partial charge in [-0.15, -0.1) is 11.3 Å². The van der Waals surface area contributed by atoms with Crippen molar-refractivity contribution < 1.29 is 4.74 Å². The van der Waals surface area contributed by atoms with Gasteiger partial charge in [0.15, 0.2) is 0 Å². The minimum atomic E-state index is 0.224. The molecular formula is C21H31N3OS. The third-order valence-electron chi connectivity index (χ3n) is 6.35. The summed E-state index contributed by atoms with van der Waals surface area (Å²) in [7, 11) is 1.79. The number of nitrogens with one attached hydrogen (secondary N) is 1. The number of hydrogen-bond acceptors (Lipinski definition) is 5. The van der Waals surface area contributed by atoms with E-state index in [1.165, 1.54) is 40.1 Å². The molecule has 1 aromatic carbocycles. The highest BCUT2D eigenvalue weighted by atomic mass is 32.1. The van der Waals surface area contributed by atoms with Crippen LogP contribution in [0.1, 0.15) is 61.9 Å². The molecule has 142 valence electrons. The van der Waals surface area contributed by atoms with Crippen molar-refractivity contribution in [3.8, 4) is 0 Å². The summed E-state index contributed by atoms with van der Waals surface area (Å²) < 4.78 is 6.77. The molecule has 1 aliphatic heterocycles. The van der Waals surface area contributed by atoms with E-state index in [0.29, 0.717) is 11.8 Å². The summed E-state index contributed by atoms with van der Waals surface area (Å²) in [5, 5.41) is 4.84. The molecule has 1 saturated heterocycles. The molecular weight excluding hydrogens is 342 g/mol. The summed E-state index contributed by atoms with van der Waals surface area (Å²) in [6, 6.07) is 7.66. The molecule has 2 unspecified atom stereocenters. The highest BCUT2D eigenvalue weighted by molar-refractivity contribution is 7.18. The molecule has 26 heavy (non-hydrogen) atoms. The second-order valence-corrected chi connectivity index (χ2v) is 8.79. The summed E-state index contributed by atoms with van der Waals surface area (Å²) in [5.41, 5.74) is 2.63. The Morgan fingerprint density at radius 3 is 2.65 bits per heavy atom. The summed E-state index contributed by atoms with van der Waals surface area (Å²) in [6.45, 7) is 7.87. The lowest BCUT2D eigenvalue weighted by molar-refractivity contribution is 0.0477. The van der Waals surface area contributed by atoms with Crippen LogP contribution in [0.15, 0.2) is 18.2 Å². The Hall–Kier alpha value is -1.01. The van der Waals surface area contributed by atoms with Gasteiger partial charge in [0.05, 0.1) is 15.2 Å². The second-order valence-electron chi connectivity index (χ2n) is 7.73. The lowest BCUT2D eigenvalue weighted by atomic mass is 9.79. The highest BCUT2D eigenvalue weighted by Gasteiger charge is 2.35. The molecule has 4 rings (SSSR count). The molecule has 2 aromatic rings. The second kappa shape index (κ2) is 7.93. The van der Waals surface area contributed by atoms with Crippen molar-refractivity contribution in [2.75, 3.05) is 26.7 Å². The average molecular weight is 374 g/mol. The number of rotatable bonds is 6. The zero-order valence-electron chi connectivity index (χ0n) is 16.2. The average Bonchev–Trinajstić information content (AvgIpc) is 3.06. The first-order chi connectivity index (χ1) is 12.7. The van der Waals surface area contributed by atoms with E-state index in [1.807, 2.05) is 11.3 Å². The van der Waals surface area contributed by atoms with Crippen molar-refractivity contribution in [3.63, 3.8) is 0 Å². The van der Waals surface area contributed by atoms with E-state index in [4.69, 9.17) is 9.72 Å². The van der Waals surface area contributed by atoms with Crippen molar-refractivity contribution in [1.29, 1.82) is 0 Å². The first-order valence-corrected chi connectivity index (χ1v) is 10.9. The van der Waals surface area contributed by atoms with Gasteiger partial charge in [0.1, 0.15) is 6.23 Å². The van der Waals surface area contributed by atoms with Gasteiger partial charge >= 0.3 is 0 Å². The quantitative estimate of drug-likeness (QED) is 0.818. The molecule has 0 radical (unpaired) electrons. The van der Waals surface area contributed by atoms with Crippen LogP contribution in [0, 0.1) is 0 Å². The normalized spacial score (nSPS) is 29.2.